The van der Waals surface area contributed by atoms with E-state index < -0.39 is 0 Å². The van der Waals surface area contributed by atoms with Gasteiger partial charge < -0.3 is 5.32 Å². The Labute approximate surface area is 107 Å². The second-order valence-corrected chi connectivity index (χ2v) is 4.60. The van der Waals surface area contributed by atoms with Gasteiger partial charge in [-0.3, -0.25) is 9.78 Å². The summed E-state index contributed by atoms with van der Waals surface area (Å²) in [5.74, 6) is -0.298. The molecule has 2 rings (SSSR count). The van der Waals surface area contributed by atoms with E-state index in [1.807, 2.05) is 6.92 Å². The summed E-state index contributed by atoms with van der Waals surface area (Å²) in [7, 11) is 0. The van der Waals surface area contributed by atoms with Crippen molar-refractivity contribution in [2.45, 2.75) is 13.5 Å². The summed E-state index contributed by atoms with van der Waals surface area (Å²) in [6.07, 6.45) is 2.76. The standard InChI is InChI=1S/C10H9ClN4OS/c1-6-8(17-5-14-6)3-13-10(16)7-2-12-4-9(11)15-7/h2,4-5H,3H2,1H3,(H,13,16). The first-order chi connectivity index (χ1) is 8.16. The average molecular weight is 269 g/mol. The number of hydrogen-bond acceptors (Lipinski definition) is 5. The number of rotatable bonds is 3. The molecule has 0 atom stereocenters. The summed E-state index contributed by atoms with van der Waals surface area (Å²) in [5.41, 5.74) is 2.88. The molecule has 88 valence electrons. The monoisotopic (exact) mass is 268 g/mol. The first-order valence-electron chi connectivity index (χ1n) is 4.81. The van der Waals surface area contributed by atoms with Gasteiger partial charge in [-0.25, -0.2) is 9.97 Å². The minimum Gasteiger partial charge on any atom is -0.346 e. The summed E-state index contributed by atoms with van der Waals surface area (Å²) in [6.45, 7) is 2.33. The highest BCUT2D eigenvalue weighted by molar-refractivity contribution is 7.09. The van der Waals surface area contributed by atoms with Crippen molar-refractivity contribution >= 4 is 28.8 Å². The van der Waals surface area contributed by atoms with Gasteiger partial charge >= 0.3 is 0 Å². The highest BCUT2D eigenvalue weighted by Crippen LogP contribution is 2.11. The Morgan fingerprint density at radius 3 is 3.00 bits per heavy atom. The van der Waals surface area contributed by atoms with Gasteiger partial charge in [-0.1, -0.05) is 11.6 Å². The van der Waals surface area contributed by atoms with Gasteiger partial charge in [0.05, 0.1) is 30.1 Å². The first kappa shape index (κ1) is 11.9. The number of carbonyl (C=O) groups excluding carboxylic acids is 1. The van der Waals surface area contributed by atoms with Crippen LogP contribution in [0.15, 0.2) is 17.9 Å². The van der Waals surface area contributed by atoms with Crippen LogP contribution in [0.5, 0.6) is 0 Å². The second-order valence-electron chi connectivity index (χ2n) is 3.27. The van der Waals surface area contributed by atoms with Crippen molar-refractivity contribution in [1.82, 2.24) is 20.3 Å². The molecule has 0 fully saturated rings. The van der Waals surface area contributed by atoms with Crippen molar-refractivity contribution in [3.05, 3.63) is 39.3 Å². The van der Waals surface area contributed by atoms with Gasteiger partial charge in [-0.15, -0.1) is 11.3 Å². The number of thiazole rings is 1. The van der Waals surface area contributed by atoms with Crippen LogP contribution in [0.3, 0.4) is 0 Å². The fourth-order valence-electron chi connectivity index (χ4n) is 1.20. The van der Waals surface area contributed by atoms with E-state index >= 15 is 0 Å². The van der Waals surface area contributed by atoms with E-state index in [9.17, 15) is 4.79 Å². The molecule has 2 heterocycles. The number of hydrogen-bond donors (Lipinski definition) is 1. The first-order valence-corrected chi connectivity index (χ1v) is 6.07. The maximum atomic E-state index is 11.7. The fraction of sp³-hybridized carbons (Fsp3) is 0.200. The molecule has 0 aliphatic rings. The summed E-state index contributed by atoms with van der Waals surface area (Å²) in [4.78, 5) is 24.5. The van der Waals surface area contributed by atoms with Crippen LogP contribution in [-0.2, 0) is 6.54 Å². The summed E-state index contributed by atoms with van der Waals surface area (Å²) in [5, 5.41) is 2.94. The predicted octanol–water partition coefficient (Wildman–Crippen LogP) is 1.82. The number of nitrogens with zero attached hydrogens (tertiary/aromatic N) is 3. The zero-order chi connectivity index (χ0) is 12.3. The molecular formula is C10H9ClN4OS. The molecule has 0 saturated heterocycles. The van der Waals surface area contributed by atoms with E-state index in [-0.39, 0.29) is 16.8 Å². The largest absolute Gasteiger partial charge is 0.346 e. The zero-order valence-corrected chi connectivity index (χ0v) is 10.5. The van der Waals surface area contributed by atoms with Crippen molar-refractivity contribution < 1.29 is 4.79 Å². The van der Waals surface area contributed by atoms with Crippen molar-refractivity contribution in [2.75, 3.05) is 0 Å². The zero-order valence-electron chi connectivity index (χ0n) is 8.98. The van der Waals surface area contributed by atoms with Crippen LogP contribution in [0.4, 0.5) is 0 Å². The molecular weight excluding hydrogens is 260 g/mol. The van der Waals surface area contributed by atoms with Crippen molar-refractivity contribution in [3.63, 3.8) is 0 Å². The minimum atomic E-state index is -0.298. The third-order valence-electron chi connectivity index (χ3n) is 2.09. The van der Waals surface area contributed by atoms with Crippen LogP contribution < -0.4 is 5.32 Å². The molecule has 17 heavy (non-hydrogen) atoms. The van der Waals surface area contributed by atoms with Gasteiger partial charge in [0.25, 0.3) is 5.91 Å². The van der Waals surface area contributed by atoms with Gasteiger partial charge in [0.1, 0.15) is 10.8 Å². The number of halogens is 1. The topological polar surface area (TPSA) is 67.8 Å². The van der Waals surface area contributed by atoms with Gasteiger partial charge in [0.2, 0.25) is 0 Å². The quantitative estimate of drug-likeness (QED) is 0.922. The highest BCUT2D eigenvalue weighted by atomic mass is 35.5. The van der Waals surface area contributed by atoms with Crippen LogP contribution in [0.25, 0.3) is 0 Å². The molecule has 1 N–H and O–H groups in total. The van der Waals surface area contributed by atoms with E-state index in [4.69, 9.17) is 11.6 Å². The summed E-state index contributed by atoms with van der Waals surface area (Å²) < 4.78 is 0. The molecule has 0 radical (unpaired) electrons. The van der Waals surface area contributed by atoms with E-state index in [0.717, 1.165) is 10.6 Å². The van der Waals surface area contributed by atoms with Crippen LogP contribution in [0.1, 0.15) is 21.1 Å². The Balaban J connectivity index is 2.01. The maximum absolute atomic E-state index is 11.7. The maximum Gasteiger partial charge on any atom is 0.271 e. The molecule has 2 aromatic heterocycles. The molecule has 0 aliphatic carbocycles. The van der Waals surface area contributed by atoms with Crippen LogP contribution in [0.2, 0.25) is 5.15 Å². The number of carbonyl (C=O) groups is 1. The van der Waals surface area contributed by atoms with E-state index in [1.54, 1.807) is 5.51 Å². The van der Waals surface area contributed by atoms with Gasteiger partial charge in [0.15, 0.2) is 0 Å². The summed E-state index contributed by atoms with van der Waals surface area (Å²) >= 11 is 7.15. The molecule has 5 nitrogen and oxygen atoms in total. The lowest BCUT2D eigenvalue weighted by Crippen LogP contribution is -2.23. The van der Waals surface area contributed by atoms with Crippen LogP contribution in [0, 0.1) is 6.92 Å². The SMILES string of the molecule is Cc1ncsc1CNC(=O)c1cncc(Cl)n1. The second kappa shape index (κ2) is 5.20. The Morgan fingerprint density at radius 2 is 2.35 bits per heavy atom. The number of aryl methyl sites for hydroxylation is 1. The molecule has 0 spiro atoms. The third-order valence-corrected chi connectivity index (χ3v) is 3.21. The lowest BCUT2D eigenvalue weighted by molar-refractivity contribution is 0.0946. The number of amides is 1. The molecule has 7 heteroatoms. The smallest absolute Gasteiger partial charge is 0.271 e. The lowest BCUT2D eigenvalue weighted by atomic mass is 10.3. The van der Waals surface area contributed by atoms with E-state index in [1.165, 1.54) is 23.7 Å². The molecule has 0 saturated carbocycles. The van der Waals surface area contributed by atoms with Crippen LogP contribution in [-0.4, -0.2) is 20.9 Å². The Hall–Kier alpha value is -1.53. The molecule has 2 aromatic rings. The van der Waals surface area contributed by atoms with Gasteiger partial charge in [-0.05, 0) is 6.92 Å². The van der Waals surface area contributed by atoms with Crippen LogP contribution >= 0.6 is 22.9 Å². The minimum absolute atomic E-state index is 0.201. The third kappa shape index (κ3) is 2.98. The van der Waals surface area contributed by atoms with Gasteiger partial charge in [0, 0.05) is 4.88 Å². The lowest BCUT2D eigenvalue weighted by Gasteiger charge is -2.03. The molecule has 0 bridgehead atoms. The normalized spacial score (nSPS) is 10.2. The Morgan fingerprint density at radius 1 is 1.53 bits per heavy atom. The highest BCUT2D eigenvalue weighted by Gasteiger charge is 2.09. The number of aromatic nitrogens is 3. The molecule has 0 unspecified atom stereocenters. The van der Waals surface area contributed by atoms with E-state index in [0.29, 0.717) is 6.54 Å². The number of nitrogens with one attached hydrogen (secondary N) is 1. The fourth-order valence-corrected chi connectivity index (χ4v) is 2.06. The van der Waals surface area contributed by atoms with Crippen molar-refractivity contribution in [1.29, 1.82) is 0 Å². The average Bonchev–Trinajstić information content (AvgIpc) is 2.72. The van der Waals surface area contributed by atoms with Crippen molar-refractivity contribution in [3.8, 4) is 0 Å². The van der Waals surface area contributed by atoms with Crippen molar-refractivity contribution in [2.24, 2.45) is 0 Å². The Bertz CT molecular complexity index is 543. The molecule has 0 aromatic carbocycles. The van der Waals surface area contributed by atoms with Gasteiger partial charge in [-0.2, -0.15) is 0 Å². The molecule has 1 amide bonds. The van der Waals surface area contributed by atoms with E-state index in [2.05, 4.69) is 20.3 Å². The Kier molecular flexibility index (Phi) is 3.65. The molecule has 0 aliphatic heterocycles. The predicted molar refractivity (Wildman–Crippen MR) is 65.1 cm³/mol. The summed E-state index contributed by atoms with van der Waals surface area (Å²) in [6, 6.07) is 0.